The first-order chi connectivity index (χ1) is 9.92. The molecule has 5 nitrogen and oxygen atoms in total. The van der Waals surface area contributed by atoms with E-state index in [1.165, 1.54) is 0 Å². The van der Waals surface area contributed by atoms with Crippen LogP contribution in [0.1, 0.15) is 22.5 Å². The van der Waals surface area contributed by atoms with Crippen molar-refractivity contribution in [1.29, 1.82) is 5.41 Å². The minimum atomic E-state index is -0.0684. The van der Waals surface area contributed by atoms with E-state index in [2.05, 4.69) is 4.98 Å². The smallest absolute Gasteiger partial charge is 0.169 e. The molecular formula is C16H19N3O2. The Morgan fingerprint density at radius 3 is 2.43 bits per heavy atom. The van der Waals surface area contributed by atoms with Crippen LogP contribution in [0.3, 0.4) is 0 Å². The Morgan fingerprint density at radius 2 is 1.81 bits per heavy atom. The molecule has 0 bridgehead atoms. The van der Waals surface area contributed by atoms with Crippen molar-refractivity contribution in [1.82, 2.24) is 4.98 Å². The van der Waals surface area contributed by atoms with Gasteiger partial charge in [0.15, 0.2) is 11.5 Å². The molecule has 3 N–H and O–H groups in total. The summed E-state index contributed by atoms with van der Waals surface area (Å²) in [6.07, 6.45) is 0. The molecule has 0 fully saturated rings. The Bertz CT molecular complexity index is 696. The second kappa shape index (κ2) is 5.83. The van der Waals surface area contributed by atoms with Crippen molar-refractivity contribution in [3.05, 3.63) is 46.8 Å². The van der Waals surface area contributed by atoms with Gasteiger partial charge in [-0.15, -0.1) is 0 Å². The van der Waals surface area contributed by atoms with E-state index in [1.807, 2.05) is 39.0 Å². The fourth-order valence-corrected chi connectivity index (χ4v) is 2.18. The zero-order chi connectivity index (χ0) is 15.6. The van der Waals surface area contributed by atoms with E-state index in [0.717, 1.165) is 11.3 Å². The molecule has 110 valence electrons. The van der Waals surface area contributed by atoms with Crippen LogP contribution in [0, 0.1) is 26.2 Å². The van der Waals surface area contributed by atoms with Crippen LogP contribution in [0.2, 0.25) is 0 Å². The number of aryl methyl sites for hydroxylation is 3. The Hall–Kier alpha value is -2.56. The number of pyridine rings is 1. The molecule has 0 spiro atoms. The number of nitrogen functional groups attached to an aromatic ring is 1. The molecule has 5 heteroatoms. The Labute approximate surface area is 124 Å². The summed E-state index contributed by atoms with van der Waals surface area (Å²) in [4.78, 5) is 4.32. The lowest BCUT2D eigenvalue weighted by atomic mass is 10.1. The molecule has 2 rings (SSSR count). The number of rotatable bonds is 4. The van der Waals surface area contributed by atoms with Crippen LogP contribution in [0.4, 0.5) is 0 Å². The third-order valence-corrected chi connectivity index (χ3v) is 3.10. The van der Waals surface area contributed by atoms with E-state index in [9.17, 15) is 0 Å². The zero-order valence-electron chi connectivity index (χ0n) is 12.7. The fourth-order valence-electron chi connectivity index (χ4n) is 2.18. The molecule has 1 aromatic carbocycles. The molecule has 0 amide bonds. The summed E-state index contributed by atoms with van der Waals surface area (Å²) in [5.74, 6) is 1.66. The second-order valence-electron chi connectivity index (χ2n) is 4.89. The molecule has 1 heterocycles. The average molecular weight is 285 g/mol. The minimum Gasteiger partial charge on any atom is -0.493 e. The SMILES string of the molecule is COc1cc(C)ccc1Oc1cc(C)nc(C)c1C(=N)N. The monoisotopic (exact) mass is 285 g/mol. The van der Waals surface area contributed by atoms with Gasteiger partial charge >= 0.3 is 0 Å². The molecule has 0 aliphatic heterocycles. The van der Waals surface area contributed by atoms with E-state index in [0.29, 0.717) is 28.5 Å². The van der Waals surface area contributed by atoms with Gasteiger partial charge in [0.25, 0.3) is 0 Å². The van der Waals surface area contributed by atoms with Gasteiger partial charge in [0.1, 0.15) is 11.6 Å². The largest absolute Gasteiger partial charge is 0.493 e. The van der Waals surface area contributed by atoms with Crippen LogP contribution in [0.15, 0.2) is 24.3 Å². The first kappa shape index (κ1) is 14.8. The van der Waals surface area contributed by atoms with Gasteiger partial charge in [-0.25, -0.2) is 0 Å². The second-order valence-corrected chi connectivity index (χ2v) is 4.89. The zero-order valence-corrected chi connectivity index (χ0v) is 12.7. The lowest BCUT2D eigenvalue weighted by Crippen LogP contribution is -2.15. The van der Waals surface area contributed by atoms with Gasteiger partial charge in [-0.2, -0.15) is 0 Å². The molecule has 0 atom stereocenters. The molecule has 0 aliphatic rings. The van der Waals surface area contributed by atoms with Crippen LogP contribution < -0.4 is 15.2 Å². The Morgan fingerprint density at radius 1 is 1.10 bits per heavy atom. The van der Waals surface area contributed by atoms with Crippen molar-refractivity contribution < 1.29 is 9.47 Å². The molecule has 2 aromatic rings. The van der Waals surface area contributed by atoms with Crippen LogP contribution in [0.25, 0.3) is 0 Å². The van der Waals surface area contributed by atoms with Crippen molar-refractivity contribution in [3.8, 4) is 17.2 Å². The Balaban J connectivity index is 2.51. The normalized spacial score (nSPS) is 10.3. The maximum absolute atomic E-state index is 7.71. The van der Waals surface area contributed by atoms with Gasteiger partial charge in [0.05, 0.1) is 18.4 Å². The number of benzene rings is 1. The van der Waals surface area contributed by atoms with Gasteiger partial charge < -0.3 is 15.2 Å². The lowest BCUT2D eigenvalue weighted by Gasteiger charge is -2.15. The maximum Gasteiger partial charge on any atom is 0.169 e. The van der Waals surface area contributed by atoms with Gasteiger partial charge in [0, 0.05) is 11.8 Å². The number of nitrogens with zero attached hydrogens (tertiary/aromatic N) is 1. The summed E-state index contributed by atoms with van der Waals surface area (Å²) in [6, 6.07) is 7.43. The number of methoxy groups -OCH3 is 1. The Kier molecular flexibility index (Phi) is 4.12. The van der Waals surface area contributed by atoms with Crippen molar-refractivity contribution >= 4 is 5.84 Å². The molecular weight excluding hydrogens is 266 g/mol. The average Bonchev–Trinajstić information content (AvgIpc) is 2.39. The molecule has 0 radical (unpaired) electrons. The van der Waals surface area contributed by atoms with Crippen molar-refractivity contribution in [3.63, 3.8) is 0 Å². The van der Waals surface area contributed by atoms with Gasteiger partial charge in [-0.05, 0) is 38.5 Å². The summed E-state index contributed by atoms with van der Waals surface area (Å²) in [7, 11) is 1.59. The van der Waals surface area contributed by atoms with Crippen LogP contribution in [0.5, 0.6) is 17.2 Å². The molecule has 0 unspecified atom stereocenters. The number of nitrogens with one attached hydrogen (secondary N) is 1. The predicted octanol–water partition coefficient (Wildman–Crippen LogP) is 3.09. The number of ether oxygens (including phenoxy) is 2. The molecule has 21 heavy (non-hydrogen) atoms. The topological polar surface area (TPSA) is 81.2 Å². The first-order valence-electron chi connectivity index (χ1n) is 6.57. The van der Waals surface area contributed by atoms with Crippen LogP contribution in [-0.4, -0.2) is 17.9 Å². The van der Waals surface area contributed by atoms with Crippen LogP contribution >= 0.6 is 0 Å². The molecule has 0 saturated carbocycles. The van der Waals surface area contributed by atoms with E-state index in [1.54, 1.807) is 13.2 Å². The van der Waals surface area contributed by atoms with Gasteiger partial charge in [-0.3, -0.25) is 10.4 Å². The number of nitrogens with two attached hydrogens (primary N) is 1. The van der Waals surface area contributed by atoms with E-state index >= 15 is 0 Å². The standard InChI is InChI=1S/C16H19N3O2/c1-9-5-6-12(13(7-9)20-4)21-14-8-10(2)19-11(3)15(14)16(17)18/h5-8H,1-4H3,(H3,17,18). The summed E-state index contributed by atoms with van der Waals surface area (Å²) in [5, 5.41) is 7.71. The van der Waals surface area contributed by atoms with Gasteiger partial charge in [-0.1, -0.05) is 6.07 Å². The number of hydrogen-bond donors (Lipinski definition) is 2. The number of aromatic nitrogens is 1. The van der Waals surface area contributed by atoms with Crippen molar-refractivity contribution in [2.24, 2.45) is 5.73 Å². The highest BCUT2D eigenvalue weighted by atomic mass is 16.5. The first-order valence-corrected chi connectivity index (χ1v) is 6.57. The maximum atomic E-state index is 7.71. The minimum absolute atomic E-state index is 0.0684. The molecule has 0 aliphatic carbocycles. The highest BCUT2D eigenvalue weighted by Crippen LogP contribution is 2.34. The third-order valence-electron chi connectivity index (χ3n) is 3.10. The summed E-state index contributed by atoms with van der Waals surface area (Å²) in [5.41, 5.74) is 8.70. The van der Waals surface area contributed by atoms with Crippen molar-refractivity contribution in [2.75, 3.05) is 7.11 Å². The van der Waals surface area contributed by atoms with Crippen LogP contribution in [-0.2, 0) is 0 Å². The van der Waals surface area contributed by atoms with Gasteiger partial charge in [0.2, 0.25) is 0 Å². The van der Waals surface area contributed by atoms with E-state index in [4.69, 9.17) is 20.6 Å². The quantitative estimate of drug-likeness (QED) is 0.668. The lowest BCUT2D eigenvalue weighted by molar-refractivity contribution is 0.378. The van der Waals surface area contributed by atoms with E-state index in [-0.39, 0.29) is 5.84 Å². The molecule has 1 aromatic heterocycles. The summed E-state index contributed by atoms with van der Waals surface area (Å²) >= 11 is 0. The highest BCUT2D eigenvalue weighted by molar-refractivity contribution is 5.98. The highest BCUT2D eigenvalue weighted by Gasteiger charge is 2.15. The van der Waals surface area contributed by atoms with E-state index < -0.39 is 0 Å². The number of hydrogen-bond acceptors (Lipinski definition) is 4. The predicted molar refractivity (Wildman–Crippen MR) is 82.5 cm³/mol. The fraction of sp³-hybridized carbons (Fsp3) is 0.250. The van der Waals surface area contributed by atoms with Crippen molar-refractivity contribution in [2.45, 2.75) is 20.8 Å². The number of amidine groups is 1. The summed E-state index contributed by atoms with van der Waals surface area (Å²) < 4.78 is 11.3. The third kappa shape index (κ3) is 3.13. The molecule has 0 saturated heterocycles. The summed E-state index contributed by atoms with van der Waals surface area (Å²) in [6.45, 7) is 5.66.